The molecule has 0 spiro atoms. The Morgan fingerprint density at radius 1 is 1.26 bits per heavy atom. The number of rotatable bonds is 4. The number of hydrogen-bond acceptors (Lipinski definition) is 4. The molecule has 1 aromatic rings. The minimum absolute atomic E-state index is 0.0410. The van der Waals surface area contributed by atoms with E-state index >= 15 is 0 Å². The number of amides is 2. The normalized spacial score (nSPS) is 33.2. The van der Waals surface area contributed by atoms with Crippen molar-refractivity contribution in [1.82, 2.24) is 5.32 Å². The number of fused-ring (bicyclic) bond motifs is 2. The highest BCUT2D eigenvalue weighted by atomic mass is 32.2. The van der Waals surface area contributed by atoms with Gasteiger partial charge in [0.05, 0.1) is 5.92 Å². The molecular weight excluding hydrogens is 358 g/mol. The first-order chi connectivity index (χ1) is 13.0. The molecule has 1 heterocycles. The topological polar surface area (TPSA) is 75.4 Å². The molecular formula is C21H29N3O2S. The molecule has 1 aromatic carbocycles. The second kappa shape index (κ2) is 7.84. The maximum atomic E-state index is 12.9. The Morgan fingerprint density at radius 3 is 2.70 bits per heavy atom. The van der Waals surface area contributed by atoms with Gasteiger partial charge in [0.25, 0.3) is 0 Å². The molecule has 3 atom stereocenters. The Balaban J connectivity index is 1.42. The van der Waals surface area contributed by atoms with Crippen molar-refractivity contribution in [3.8, 4) is 0 Å². The van der Waals surface area contributed by atoms with E-state index in [4.69, 9.17) is 5.73 Å². The summed E-state index contributed by atoms with van der Waals surface area (Å²) in [5.74, 6) is 0.834. The summed E-state index contributed by atoms with van der Waals surface area (Å²) in [5.41, 5.74) is 7.09. The van der Waals surface area contributed by atoms with E-state index in [0.29, 0.717) is 24.8 Å². The first kappa shape index (κ1) is 18.8. The molecule has 146 valence electrons. The second-order valence-electron chi connectivity index (χ2n) is 8.32. The number of carbonyl (C=O) groups is 2. The van der Waals surface area contributed by atoms with E-state index in [-0.39, 0.29) is 29.8 Å². The van der Waals surface area contributed by atoms with Crippen molar-refractivity contribution < 1.29 is 9.59 Å². The summed E-state index contributed by atoms with van der Waals surface area (Å²) in [7, 11) is 0. The van der Waals surface area contributed by atoms with Gasteiger partial charge in [0, 0.05) is 35.6 Å². The van der Waals surface area contributed by atoms with E-state index in [9.17, 15) is 9.59 Å². The van der Waals surface area contributed by atoms with Gasteiger partial charge in [-0.25, -0.2) is 0 Å². The molecule has 2 amide bonds. The minimum Gasteiger partial charge on any atom is -0.353 e. The molecule has 4 rings (SSSR count). The van der Waals surface area contributed by atoms with E-state index in [1.807, 2.05) is 30.5 Å². The highest BCUT2D eigenvalue weighted by Crippen LogP contribution is 2.40. The molecule has 2 aliphatic carbocycles. The number of hydrogen-bond donors (Lipinski definition) is 2. The van der Waals surface area contributed by atoms with E-state index in [2.05, 4.69) is 5.32 Å². The predicted octanol–water partition coefficient (Wildman–Crippen LogP) is 2.78. The third-order valence-corrected chi connectivity index (χ3v) is 7.27. The van der Waals surface area contributed by atoms with Crippen LogP contribution in [0.2, 0.25) is 0 Å². The van der Waals surface area contributed by atoms with Crippen molar-refractivity contribution in [3.05, 3.63) is 24.3 Å². The number of carbonyl (C=O) groups excluding carboxylic acids is 2. The van der Waals surface area contributed by atoms with Crippen LogP contribution in [0.5, 0.6) is 0 Å². The van der Waals surface area contributed by atoms with E-state index in [1.54, 1.807) is 16.7 Å². The molecule has 6 heteroatoms. The fourth-order valence-corrected chi connectivity index (χ4v) is 5.67. The van der Waals surface area contributed by atoms with Gasteiger partial charge in [-0.2, -0.15) is 0 Å². The molecule has 1 aliphatic heterocycles. The summed E-state index contributed by atoms with van der Waals surface area (Å²) in [6, 6.07) is 8.50. The van der Waals surface area contributed by atoms with E-state index in [1.165, 1.54) is 6.42 Å². The molecule has 3 fully saturated rings. The Labute approximate surface area is 165 Å². The van der Waals surface area contributed by atoms with Gasteiger partial charge in [0.1, 0.15) is 0 Å². The van der Waals surface area contributed by atoms with Crippen LogP contribution in [0.1, 0.15) is 38.5 Å². The van der Waals surface area contributed by atoms with Crippen molar-refractivity contribution in [1.29, 1.82) is 0 Å². The zero-order valence-electron chi connectivity index (χ0n) is 15.9. The monoisotopic (exact) mass is 387 g/mol. The van der Waals surface area contributed by atoms with Crippen LogP contribution < -0.4 is 16.0 Å². The highest BCUT2D eigenvalue weighted by Gasteiger charge is 2.42. The largest absolute Gasteiger partial charge is 0.353 e. The van der Waals surface area contributed by atoms with Crippen LogP contribution in [-0.2, 0) is 9.59 Å². The second-order valence-corrected chi connectivity index (χ2v) is 9.20. The molecule has 0 radical (unpaired) electrons. The lowest BCUT2D eigenvalue weighted by molar-refractivity contribution is -0.128. The molecule has 1 saturated heterocycles. The fraction of sp³-hybridized carbons (Fsp3) is 0.619. The number of benzene rings is 1. The predicted molar refractivity (Wildman–Crippen MR) is 109 cm³/mol. The van der Waals surface area contributed by atoms with Gasteiger partial charge >= 0.3 is 0 Å². The van der Waals surface area contributed by atoms with Crippen molar-refractivity contribution in [2.75, 3.05) is 17.7 Å². The number of anilines is 1. The lowest BCUT2D eigenvalue weighted by Gasteiger charge is -2.45. The molecule has 0 aromatic heterocycles. The minimum atomic E-state index is -0.258. The van der Waals surface area contributed by atoms with Crippen LogP contribution in [0.3, 0.4) is 0 Å². The van der Waals surface area contributed by atoms with Gasteiger partial charge in [-0.1, -0.05) is 12.5 Å². The van der Waals surface area contributed by atoms with Gasteiger partial charge in [-0.05, 0) is 62.0 Å². The van der Waals surface area contributed by atoms with Gasteiger partial charge in [0.2, 0.25) is 11.8 Å². The van der Waals surface area contributed by atoms with Gasteiger partial charge in [-0.3, -0.25) is 9.59 Å². The zero-order valence-corrected chi connectivity index (χ0v) is 16.7. The third kappa shape index (κ3) is 3.87. The Kier molecular flexibility index (Phi) is 5.46. The van der Waals surface area contributed by atoms with Crippen LogP contribution in [0.25, 0.3) is 0 Å². The number of nitrogens with zero attached hydrogens (tertiary/aromatic N) is 1. The SMILES string of the molecule is CSc1cccc(N2CC(C(=O)NC3C4CCCC3CC(N)C4)CC2=O)c1. The summed E-state index contributed by atoms with van der Waals surface area (Å²) >= 11 is 1.66. The first-order valence-corrected chi connectivity index (χ1v) is 11.3. The van der Waals surface area contributed by atoms with E-state index < -0.39 is 0 Å². The summed E-state index contributed by atoms with van der Waals surface area (Å²) in [5, 5.41) is 3.32. The summed E-state index contributed by atoms with van der Waals surface area (Å²) in [6.07, 6.45) is 7.91. The van der Waals surface area contributed by atoms with Crippen molar-refractivity contribution in [3.63, 3.8) is 0 Å². The van der Waals surface area contributed by atoms with E-state index in [0.717, 1.165) is 36.3 Å². The highest BCUT2D eigenvalue weighted by molar-refractivity contribution is 7.98. The molecule has 3 aliphatic rings. The van der Waals surface area contributed by atoms with Crippen LogP contribution >= 0.6 is 11.8 Å². The van der Waals surface area contributed by atoms with Crippen LogP contribution in [-0.4, -0.2) is 36.7 Å². The molecule has 5 nitrogen and oxygen atoms in total. The average Bonchev–Trinajstić information content (AvgIpc) is 3.04. The molecule has 3 N–H and O–H groups in total. The zero-order chi connectivity index (χ0) is 19.0. The Morgan fingerprint density at radius 2 is 2.00 bits per heavy atom. The Hall–Kier alpha value is -1.53. The smallest absolute Gasteiger partial charge is 0.227 e. The van der Waals surface area contributed by atoms with Gasteiger partial charge in [-0.15, -0.1) is 11.8 Å². The Bertz CT molecular complexity index is 711. The standard InChI is InChI=1S/C21H29N3O2S/c1-27-18-7-3-6-17(11-18)24-12-15(10-19(24)25)21(26)23-20-13-4-2-5-14(20)9-16(22)8-13/h3,6-7,11,13-16,20H,2,4-5,8-10,12,22H2,1H3,(H,23,26). The molecule has 3 unspecified atom stereocenters. The van der Waals surface area contributed by atoms with Crippen LogP contribution in [0, 0.1) is 17.8 Å². The van der Waals surface area contributed by atoms with Gasteiger partial charge < -0.3 is 16.0 Å². The molecule has 2 saturated carbocycles. The summed E-state index contributed by atoms with van der Waals surface area (Å²) in [4.78, 5) is 28.4. The quantitative estimate of drug-likeness (QED) is 0.779. The number of thioether (sulfide) groups is 1. The van der Waals surface area contributed by atoms with Crippen molar-refractivity contribution in [2.24, 2.45) is 23.5 Å². The molecule has 2 bridgehead atoms. The van der Waals surface area contributed by atoms with Crippen molar-refractivity contribution in [2.45, 2.75) is 55.5 Å². The average molecular weight is 388 g/mol. The van der Waals surface area contributed by atoms with Crippen LogP contribution in [0.4, 0.5) is 5.69 Å². The maximum absolute atomic E-state index is 12.9. The van der Waals surface area contributed by atoms with Gasteiger partial charge in [0.15, 0.2) is 0 Å². The third-order valence-electron chi connectivity index (χ3n) is 6.55. The van der Waals surface area contributed by atoms with Crippen molar-refractivity contribution >= 4 is 29.3 Å². The number of nitrogens with two attached hydrogens (primary N) is 1. The maximum Gasteiger partial charge on any atom is 0.227 e. The lowest BCUT2D eigenvalue weighted by Crippen LogP contribution is -2.54. The summed E-state index contributed by atoms with van der Waals surface area (Å²) < 4.78 is 0. The lowest BCUT2D eigenvalue weighted by atomic mass is 9.67. The van der Waals surface area contributed by atoms with Crippen LogP contribution in [0.15, 0.2) is 29.2 Å². The molecule has 27 heavy (non-hydrogen) atoms. The summed E-state index contributed by atoms with van der Waals surface area (Å²) in [6.45, 7) is 0.476. The first-order valence-electron chi connectivity index (χ1n) is 10.1. The number of nitrogens with one attached hydrogen (secondary N) is 1. The fourth-order valence-electron chi connectivity index (χ4n) is 5.22.